The quantitative estimate of drug-likeness (QED) is 0.0602. The molecule has 1 atom stereocenters. The van der Waals surface area contributed by atoms with E-state index in [0.717, 1.165) is 32.1 Å². The molecule has 0 aliphatic heterocycles. The predicted molar refractivity (Wildman–Crippen MR) is 158 cm³/mol. The fraction of sp³-hybridized carbons (Fsp3) is 0.879. The van der Waals surface area contributed by atoms with Crippen molar-refractivity contribution in [3.8, 4) is 0 Å². The van der Waals surface area contributed by atoms with Gasteiger partial charge in [-0.05, 0) is 51.4 Å². The van der Waals surface area contributed by atoms with Gasteiger partial charge in [-0.1, -0.05) is 129 Å². The van der Waals surface area contributed by atoms with Crippen LogP contribution in [0.5, 0.6) is 0 Å². The Morgan fingerprint density at radius 3 is 1.51 bits per heavy atom. The summed E-state index contributed by atoms with van der Waals surface area (Å²) in [5.41, 5.74) is 0. The summed E-state index contributed by atoms with van der Waals surface area (Å²) in [4.78, 5) is 23.3. The smallest absolute Gasteiger partial charge is 0.306 e. The number of hydrogen-bond donors (Lipinski definition) is 1. The van der Waals surface area contributed by atoms with Crippen molar-refractivity contribution in [1.82, 2.24) is 0 Å². The number of carboxylic acid groups (broad SMARTS) is 1. The molecule has 0 amide bonds. The third-order valence-electron chi connectivity index (χ3n) is 7.25. The number of carbonyl (C=O) groups is 2. The van der Waals surface area contributed by atoms with Gasteiger partial charge in [0, 0.05) is 12.8 Å². The monoisotopic (exact) mass is 522 g/mol. The Labute approximate surface area is 230 Å². The molecule has 0 rings (SSSR count). The minimum Gasteiger partial charge on any atom is -0.481 e. The van der Waals surface area contributed by atoms with E-state index in [0.29, 0.717) is 12.8 Å². The fourth-order valence-electron chi connectivity index (χ4n) is 4.81. The van der Waals surface area contributed by atoms with Crippen LogP contribution < -0.4 is 0 Å². The molecular formula is C33H62O4. The van der Waals surface area contributed by atoms with Gasteiger partial charge < -0.3 is 9.84 Å². The molecule has 4 nitrogen and oxygen atoms in total. The second kappa shape index (κ2) is 29.2. The molecular weight excluding hydrogens is 460 g/mol. The molecule has 0 saturated heterocycles. The Morgan fingerprint density at radius 2 is 1.00 bits per heavy atom. The molecule has 0 bridgehead atoms. The molecule has 0 aromatic rings. The van der Waals surface area contributed by atoms with Crippen LogP contribution in [0.3, 0.4) is 0 Å². The first kappa shape index (κ1) is 35.7. The van der Waals surface area contributed by atoms with Crippen molar-refractivity contribution in [1.29, 1.82) is 0 Å². The van der Waals surface area contributed by atoms with Crippen LogP contribution in [0.2, 0.25) is 0 Å². The number of aliphatic carboxylic acids is 1. The number of hydrogen-bond acceptors (Lipinski definition) is 3. The predicted octanol–water partition coefficient (Wildman–Crippen LogP) is 10.7. The van der Waals surface area contributed by atoms with Crippen LogP contribution >= 0.6 is 0 Å². The van der Waals surface area contributed by atoms with Crippen LogP contribution in [-0.4, -0.2) is 23.1 Å². The molecule has 0 saturated carbocycles. The van der Waals surface area contributed by atoms with Crippen LogP contribution in [0.4, 0.5) is 0 Å². The van der Waals surface area contributed by atoms with Gasteiger partial charge in [-0.25, -0.2) is 0 Å². The summed E-state index contributed by atoms with van der Waals surface area (Å²) in [5, 5.41) is 9.05. The zero-order chi connectivity index (χ0) is 27.2. The highest BCUT2D eigenvalue weighted by atomic mass is 16.5. The second-order valence-corrected chi connectivity index (χ2v) is 11.0. The number of allylic oxidation sites excluding steroid dienone is 2. The Hall–Kier alpha value is -1.32. The summed E-state index contributed by atoms with van der Waals surface area (Å²) in [5.74, 6) is -0.962. The van der Waals surface area contributed by atoms with Crippen molar-refractivity contribution in [3.63, 3.8) is 0 Å². The summed E-state index contributed by atoms with van der Waals surface area (Å²) in [7, 11) is 0. The van der Waals surface area contributed by atoms with Gasteiger partial charge in [0.15, 0.2) is 0 Å². The van der Waals surface area contributed by atoms with E-state index in [4.69, 9.17) is 9.84 Å². The van der Waals surface area contributed by atoms with E-state index in [-0.39, 0.29) is 18.5 Å². The molecule has 0 aromatic carbocycles. The summed E-state index contributed by atoms with van der Waals surface area (Å²) in [6.07, 6.45) is 33.6. The van der Waals surface area contributed by atoms with Crippen molar-refractivity contribution in [2.75, 3.05) is 0 Å². The number of ether oxygens (including phenoxy) is 1. The summed E-state index contributed by atoms with van der Waals surface area (Å²) >= 11 is 0. The number of carbonyl (C=O) groups excluding carboxylic acids is 1. The fourth-order valence-corrected chi connectivity index (χ4v) is 4.81. The number of unbranched alkanes of at least 4 members (excludes halogenated alkanes) is 19. The third kappa shape index (κ3) is 29.1. The summed E-state index contributed by atoms with van der Waals surface area (Å²) < 4.78 is 5.69. The first-order valence-corrected chi connectivity index (χ1v) is 16.2. The van der Waals surface area contributed by atoms with E-state index in [9.17, 15) is 9.59 Å². The Bertz CT molecular complexity index is 528. The molecule has 0 radical (unpaired) electrons. The molecule has 0 heterocycles. The Balaban J connectivity index is 3.80. The maximum Gasteiger partial charge on any atom is 0.306 e. The maximum atomic E-state index is 12.3. The highest BCUT2D eigenvalue weighted by Gasteiger charge is 2.15. The van der Waals surface area contributed by atoms with Crippen LogP contribution in [0.15, 0.2) is 12.2 Å². The van der Waals surface area contributed by atoms with Gasteiger partial charge in [-0.2, -0.15) is 0 Å². The largest absolute Gasteiger partial charge is 0.481 e. The zero-order valence-electron chi connectivity index (χ0n) is 24.8. The summed E-state index contributed by atoms with van der Waals surface area (Å²) in [6.45, 7) is 4.50. The average molecular weight is 523 g/mol. The van der Waals surface area contributed by atoms with Gasteiger partial charge in [0.25, 0.3) is 0 Å². The molecule has 0 fully saturated rings. The first-order valence-electron chi connectivity index (χ1n) is 16.2. The molecule has 0 aromatic heterocycles. The molecule has 1 unspecified atom stereocenters. The van der Waals surface area contributed by atoms with E-state index < -0.39 is 5.97 Å². The van der Waals surface area contributed by atoms with Crippen molar-refractivity contribution in [2.24, 2.45) is 0 Å². The van der Waals surface area contributed by atoms with Crippen molar-refractivity contribution in [2.45, 2.75) is 187 Å². The number of carboxylic acids is 1. The molecule has 0 aliphatic rings. The second-order valence-electron chi connectivity index (χ2n) is 11.0. The molecule has 4 heteroatoms. The van der Waals surface area contributed by atoms with Gasteiger partial charge in [-0.3, -0.25) is 9.59 Å². The van der Waals surface area contributed by atoms with Crippen LogP contribution in [-0.2, 0) is 14.3 Å². The number of esters is 1. The standard InChI is InChI=1S/C33H62O4/c1-3-5-7-9-11-13-15-16-18-20-22-24-26-28-33(36)37-31(29-30-32(34)35)27-25-23-21-19-17-14-12-10-8-6-4-2/h13,15,31H,3-12,14,16-30H2,1-2H3,(H,34,35)/b15-13-. The van der Waals surface area contributed by atoms with E-state index in [1.54, 1.807) is 0 Å². The lowest BCUT2D eigenvalue weighted by atomic mass is 10.0. The Kier molecular flexibility index (Phi) is 28.2. The van der Waals surface area contributed by atoms with E-state index >= 15 is 0 Å². The van der Waals surface area contributed by atoms with Gasteiger partial charge in [0.2, 0.25) is 0 Å². The average Bonchev–Trinajstić information content (AvgIpc) is 2.88. The number of rotatable bonds is 29. The van der Waals surface area contributed by atoms with E-state index in [1.165, 1.54) is 116 Å². The van der Waals surface area contributed by atoms with Crippen LogP contribution in [0.1, 0.15) is 181 Å². The SMILES string of the molecule is CCCCCC/C=C\CCCCCCCC(=O)OC(CCCCCCCCCCCCC)CCC(=O)O. The highest BCUT2D eigenvalue weighted by molar-refractivity contribution is 5.69. The topological polar surface area (TPSA) is 63.6 Å². The molecule has 218 valence electrons. The summed E-state index contributed by atoms with van der Waals surface area (Å²) in [6, 6.07) is 0. The normalized spacial score (nSPS) is 12.3. The van der Waals surface area contributed by atoms with Crippen molar-refractivity contribution < 1.29 is 19.4 Å². The molecule has 1 N–H and O–H groups in total. The molecule has 37 heavy (non-hydrogen) atoms. The lowest BCUT2D eigenvalue weighted by Crippen LogP contribution is -2.19. The van der Waals surface area contributed by atoms with Crippen molar-refractivity contribution in [3.05, 3.63) is 12.2 Å². The third-order valence-corrected chi connectivity index (χ3v) is 7.25. The van der Waals surface area contributed by atoms with Crippen molar-refractivity contribution >= 4 is 11.9 Å². The van der Waals surface area contributed by atoms with Gasteiger partial charge in [0.1, 0.15) is 6.10 Å². The highest BCUT2D eigenvalue weighted by Crippen LogP contribution is 2.17. The Morgan fingerprint density at radius 1 is 0.568 bits per heavy atom. The lowest BCUT2D eigenvalue weighted by Gasteiger charge is -2.17. The van der Waals surface area contributed by atoms with E-state index in [2.05, 4.69) is 26.0 Å². The van der Waals surface area contributed by atoms with Crippen LogP contribution in [0.25, 0.3) is 0 Å². The van der Waals surface area contributed by atoms with E-state index in [1.807, 2.05) is 0 Å². The molecule has 0 aliphatic carbocycles. The van der Waals surface area contributed by atoms with Gasteiger partial charge in [0.05, 0.1) is 0 Å². The van der Waals surface area contributed by atoms with Crippen LogP contribution in [0, 0.1) is 0 Å². The molecule has 0 spiro atoms. The van der Waals surface area contributed by atoms with Gasteiger partial charge >= 0.3 is 11.9 Å². The minimum atomic E-state index is -0.814. The maximum absolute atomic E-state index is 12.3. The van der Waals surface area contributed by atoms with Gasteiger partial charge in [-0.15, -0.1) is 0 Å². The lowest BCUT2D eigenvalue weighted by molar-refractivity contribution is -0.151. The first-order chi connectivity index (χ1) is 18.1. The minimum absolute atomic E-state index is 0.0726. The zero-order valence-corrected chi connectivity index (χ0v) is 24.8.